The van der Waals surface area contributed by atoms with Gasteiger partial charge in [-0.3, -0.25) is 24.1 Å². The molecule has 0 radical (unpaired) electrons. The first-order valence-corrected chi connectivity index (χ1v) is 16.4. The Labute approximate surface area is 266 Å². The maximum absolute atomic E-state index is 13.4. The molecule has 3 atom stereocenters. The van der Waals surface area contributed by atoms with Gasteiger partial charge < -0.3 is 25.2 Å². The number of fused-ring (bicyclic) bond motifs is 1. The number of nitrogens with one attached hydrogen (secondary N) is 2. The predicted molar refractivity (Wildman–Crippen MR) is 164 cm³/mol. The van der Waals surface area contributed by atoms with Gasteiger partial charge in [0.2, 0.25) is 6.79 Å². The van der Waals surface area contributed by atoms with E-state index in [1.54, 1.807) is 40.0 Å². The van der Waals surface area contributed by atoms with Crippen molar-refractivity contribution < 1.29 is 38.6 Å². The molecule has 2 aromatic rings. The van der Waals surface area contributed by atoms with Crippen LogP contribution >= 0.6 is 34.9 Å². The van der Waals surface area contributed by atoms with Gasteiger partial charge in [0.15, 0.2) is 16.2 Å². The van der Waals surface area contributed by atoms with Crippen molar-refractivity contribution in [1.29, 1.82) is 0 Å². The molecule has 3 heterocycles. The molecule has 2 unspecified atom stereocenters. The minimum Gasteiger partial charge on any atom is -0.427 e. The van der Waals surface area contributed by atoms with Gasteiger partial charge in [-0.2, -0.15) is 0 Å². The fourth-order valence-corrected chi connectivity index (χ4v) is 7.61. The maximum atomic E-state index is 13.4. The monoisotopic (exact) mass is 663 g/mol. The third kappa shape index (κ3) is 7.48. The second kappa shape index (κ2) is 14.2. The Kier molecular flexibility index (Phi) is 10.8. The predicted octanol–water partition coefficient (Wildman–Crippen LogP) is 1.82. The zero-order valence-electron chi connectivity index (χ0n) is 24.7. The zero-order chi connectivity index (χ0) is 32.2. The number of likely N-dealkylation sites (N-methyl/N-ethyl adjacent to an activating group) is 1. The molecule has 44 heavy (non-hydrogen) atoms. The van der Waals surface area contributed by atoms with Gasteiger partial charge in [-0.15, -0.1) is 22.0 Å². The van der Waals surface area contributed by atoms with Crippen LogP contribution in [0.2, 0.25) is 0 Å². The summed E-state index contributed by atoms with van der Waals surface area (Å²) in [6.45, 7) is 6.20. The molecular weight excluding hydrogens is 631 g/mol. The molecule has 1 fully saturated rings. The van der Waals surface area contributed by atoms with E-state index in [2.05, 4.69) is 20.8 Å². The number of carbonyl (C=O) groups excluding carboxylic acids is 5. The van der Waals surface area contributed by atoms with E-state index in [1.165, 1.54) is 51.9 Å². The fraction of sp³-hybridized carbons (Fsp3) is 0.464. The normalized spacial score (nSPS) is 18.7. The van der Waals surface area contributed by atoms with Gasteiger partial charge in [0.05, 0.1) is 12.0 Å². The van der Waals surface area contributed by atoms with E-state index < -0.39 is 53.5 Å². The van der Waals surface area contributed by atoms with E-state index >= 15 is 0 Å². The van der Waals surface area contributed by atoms with Crippen LogP contribution in [-0.2, 0) is 28.7 Å². The van der Waals surface area contributed by atoms with Gasteiger partial charge >= 0.3 is 11.9 Å². The van der Waals surface area contributed by atoms with Crippen molar-refractivity contribution >= 4 is 64.4 Å². The van der Waals surface area contributed by atoms with Crippen molar-refractivity contribution in [3.8, 4) is 0 Å². The van der Waals surface area contributed by atoms with Crippen molar-refractivity contribution in [1.82, 2.24) is 25.7 Å². The van der Waals surface area contributed by atoms with Gasteiger partial charge in [-0.1, -0.05) is 47.4 Å². The third-order valence-electron chi connectivity index (χ3n) is 6.55. The highest BCUT2D eigenvalue weighted by atomic mass is 32.2. The van der Waals surface area contributed by atoms with Crippen molar-refractivity contribution in [2.45, 2.75) is 49.6 Å². The number of benzene rings is 1. The lowest BCUT2D eigenvalue weighted by Crippen LogP contribution is -2.71. The summed E-state index contributed by atoms with van der Waals surface area (Å²) in [5, 5.41) is 24.4. The third-order valence-corrected chi connectivity index (χ3v) is 9.95. The number of thioether (sulfide) groups is 2. The minimum atomic E-state index is -1.71. The average Bonchev–Trinajstić information content (AvgIpc) is 3.41. The molecule has 0 spiro atoms. The summed E-state index contributed by atoms with van der Waals surface area (Å²) in [6, 6.07) is 5.18. The average molecular weight is 664 g/mol. The van der Waals surface area contributed by atoms with E-state index in [9.17, 15) is 29.1 Å². The Balaban J connectivity index is 1.50. The first-order chi connectivity index (χ1) is 20.8. The number of aliphatic hydroxyl groups is 1. The van der Waals surface area contributed by atoms with Gasteiger partial charge in [-0.25, -0.2) is 4.79 Å². The number of hydrogen-bond acceptors (Lipinski definition) is 14. The van der Waals surface area contributed by atoms with E-state index in [1.807, 2.05) is 6.92 Å². The molecule has 0 saturated carbocycles. The molecule has 2 aliphatic heterocycles. The van der Waals surface area contributed by atoms with Crippen LogP contribution in [0.25, 0.3) is 0 Å². The number of hydrogen-bond donors (Lipinski definition) is 3. The number of β-lactam (4-membered cyclic amide) rings is 1. The lowest BCUT2D eigenvalue weighted by atomic mass is 9.97. The molecular formula is C28H33N5O8S3. The summed E-state index contributed by atoms with van der Waals surface area (Å²) in [5.74, 6) is -2.50. The van der Waals surface area contributed by atoms with E-state index in [-0.39, 0.29) is 29.2 Å². The molecule has 13 nitrogen and oxygen atoms in total. The van der Waals surface area contributed by atoms with E-state index in [0.717, 1.165) is 5.01 Å². The van der Waals surface area contributed by atoms with Crippen LogP contribution in [0, 0.1) is 12.3 Å². The van der Waals surface area contributed by atoms with Crippen LogP contribution in [0.4, 0.5) is 0 Å². The van der Waals surface area contributed by atoms with Crippen LogP contribution in [0.1, 0.15) is 47.8 Å². The topological polar surface area (TPSA) is 177 Å². The molecule has 1 saturated heterocycles. The van der Waals surface area contributed by atoms with E-state index in [4.69, 9.17) is 9.47 Å². The smallest absolute Gasteiger partial charge is 0.357 e. The number of ether oxygens (including phenoxy) is 2. The Morgan fingerprint density at radius 1 is 1.18 bits per heavy atom. The van der Waals surface area contributed by atoms with Crippen LogP contribution in [0.3, 0.4) is 0 Å². The van der Waals surface area contributed by atoms with Gasteiger partial charge in [0.25, 0.3) is 11.8 Å². The molecule has 0 aliphatic carbocycles. The van der Waals surface area contributed by atoms with Crippen molar-refractivity contribution in [3.05, 3.63) is 51.7 Å². The number of rotatable bonds is 12. The van der Waals surface area contributed by atoms with Crippen LogP contribution < -0.4 is 10.6 Å². The highest BCUT2D eigenvalue weighted by Crippen LogP contribution is 2.42. The molecule has 1 aromatic heterocycles. The van der Waals surface area contributed by atoms with Crippen molar-refractivity contribution in [3.63, 3.8) is 0 Å². The number of aromatic nitrogens is 2. The lowest BCUT2D eigenvalue weighted by Gasteiger charge is -2.49. The number of carbonyl (C=O) groups is 5. The first-order valence-electron chi connectivity index (χ1n) is 13.5. The maximum Gasteiger partial charge on any atom is 0.357 e. The summed E-state index contributed by atoms with van der Waals surface area (Å²) >= 11 is 4.09. The standard InChI is InChI=1S/C28H33N5O8S3/c1-14-31-32-27(44-14)43-12-15-11-42-24-19(23(37)33(24)20(15)25(38)40-13-41-26(39)28(2,3)4)30-22(36)21(35)17-9-7-6-8-16(17)18(34)10-29-5/h6-9,19,21,24,29,35H,10-13H2,1-5H3,(H,30,36)/t19?,21?,24-/m0/s1. The highest BCUT2D eigenvalue weighted by Gasteiger charge is 2.54. The van der Waals surface area contributed by atoms with Crippen LogP contribution in [0.15, 0.2) is 39.9 Å². The highest BCUT2D eigenvalue weighted by molar-refractivity contribution is 8.01. The summed E-state index contributed by atoms with van der Waals surface area (Å²) < 4.78 is 11.0. The first kappa shape index (κ1) is 33.6. The molecule has 0 bridgehead atoms. The summed E-state index contributed by atoms with van der Waals surface area (Å²) in [5.41, 5.74) is 0.112. The Bertz CT molecular complexity index is 1490. The van der Waals surface area contributed by atoms with Gasteiger partial charge in [-0.05, 0) is 40.3 Å². The van der Waals surface area contributed by atoms with E-state index in [0.29, 0.717) is 21.4 Å². The molecule has 3 N–H and O–H groups in total. The Hall–Kier alpha value is -3.31. The molecule has 1 aromatic carbocycles. The number of nitrogens with zero attached hydrogens (tertiary/aromatic N) is 3. The van der Waals surface area contributed by atoms with Gasteiger partial charge in [0, 0.05) is 22.6 Å². The molecule has 2 amide bonds. The molecule has 236 valence electrons. The molecule has 2 aliphatic rings. The Morgan fingerprint density at radius 2 is 1.91 bits per heavy atom. The van der Waals surface area contributed by atoms with Crippen molar-refractivity contribution in [2.24, 2.45) is 5.41 Å². The number of aliphatic hydroxyl groups excluding tert-OH is 1. The molecule has 16 heteroatoms. The van der Waals surface area contributed by atoms with Gasteiger partial charge in [0.1, 0.15) is 22.1 Å². The van der Waals surface area contributed by atoms with Crippen LogP contribution in [0.5, 0.6) is 0 Å². The quantitative estimate of drug-likeness (QED) is 0.0986. The number of amides is 2. The second-order valence-corrected chi connectivity index (χ2v) is 14.4. The Morgan fingerprint density at radius 3 is 2.57 bits per heavy atom. The number of aryl methyl sites for hydroxylation is 1. The summed E-state index contributed by atoms with van der Waals surface area (Å²) in [6.07, 6.45) is -1.71. The number of Topliss-reactive ketones (excluding diaryl/α,β-unsaturated/α-hetero) is 1. The second-order valence-electron chi connectivity index (χ2n) is 10.9. The summed E-state index contributed by atoms with van der Waals surface area (Å²) in [7, 11) is 1.61. The largest absolute Gasteiger partial charge is 0.427 e. The van der Waals surface area contributed by atoms with Crippen LogP contribution in [-0.4, -0.2) is 93.0 Å². The summed E-state index contributed by atoms with van der Waals surface area (Å²) in [4.78, 5) is 65.7. The number of ketones is 1. The number of esters is 2. The minimum absolute atomic E-state index is 0.00773. The fourth-order valence-electron chi connectivity index (χ4n) is 4.31. The van der Waals surface area contributed by atoms with Crippen molar-refractivity contribution in [2.75, 3.05) is 31.9 Å². The lowest BCUT2D eigenvalue weighted by molar-refractivity contribution is -0.173. The SMILES string of the molecule is CNCC(=O)c1ccccc1C(O)C(=O)NC1C(=O)N2C(C(=O)OCOC(=O)C(C)(C)C)=C(CSc3nnc(C)s3)CS[C@@H]12. The zero-order valence-corrected chi connectivity index (χ0v) is 27.2. The molecule has 4 rings (SSSR count).